The molecule has 1 aromatic rings. The van der Waals surface area contributed by atoms with E-state index < -0.39 is 0 Å². The van der Waals surface area contributed by atoms with Gasteiger partial charge < -0.3 is 9.84 Å². The molecule has 0 saturated heterocycles. The van der Waals surface area contributed by atoms with Gasteiger partial charge in [-0.2, -0.15) is 0 Å². The second kappa shape index (κ2) is 3.37. The summed E-state index contributed by atoms with van der Waals surface area (Å²) in [7, 11) is 0. The van der Waals surface area contributed by atoms with E-state index in [0.29, 0.717) is 6.61 Å². The molecule has 0 bridgehead atoms. The Balaban J connectivity index is 1.85. The van der Waals surface area contributed by atoms with Gasteiger partial charge in [0.15, 0.2) is 0 Å². The zero-order chi connectivity index (χ0) is 10.2. The summed E-state index contributed by atoms with van der Waals surface area (Å²) >= 11 is 0. The number of benzene rings is 1. The average molecular weight is 192 g/mol. The molecule has 1 aromatic carbocycles. The van der Waals surface area contributed by atoms with Crippen LogP contribution in [0.5, 0.6) is 0 Å². The zero-order valence-corrected chi connectivity index (χ0v) is 8.60. The van der Waals surface area contributed by atoms with Gasteiger partial charge in [-0.05, 0) is 5.56 Å². The summed E-state index contributed by atoms with van der Waals surface area (Å²) in [6, 6.07) is 10.0. The molecule has 1 saturated carbocycles. The van der Waals surface area contributed by atoms with Crippen LogP contribution in [0.15, 0.2) is 30.3 Å². The first-order valence-electron chi connectivity index (χ1n) is 4.96. The van der Waals surface area contributed by atoms with E-state index in [2.05, 4.69) is 0 Å². The second-order valence-electron chi connectivity index (χ2n) is 4.48. The van der Waals surface area contributed by atoms with Gasteiger partial charge in [-0.3, -0.25) is 0 Å². The van der Waals surface area contributed by atoms with Crippen LogP contribution in [0.1, 0.15) is 19.4 Å². The fourth-order valence-corrected chi connectivity index (χ4v) is 1.63. The molecule has 0 spiro atoms. The Hall–Kier alpha value is -0.860. The number of hydrogen-bond acceptors (Lipinski definition) is 2. The highest BCUT2D eigenvalue weighted by Gasteiger charge is 2.58. The third-order valence-corrected chi connectivity index (χ3v) is 2.95. The van der Waals surface area contributed by atoms with Crippen LogP contribution in [0.25, 0.3) is 0 Å². The van der Waals surface area contributed by atoms with Gasteiger partial charge in [0.2, 0.25) is 0 Å². The van der Waals surface area contributed by atoms with E-state index in [1.807, 2.05) is 44.2 Å². The Morgan fingerprint density at radius 2 is 1.86 bits per heavy atom. The molecule has 1 fully saturated rings. The molecule has 0 amide bonds. The molecular weight excluding hydrogens is 176 g/mol. The molecule has 2 atom stereocenters. The Kier molecular flexibility index (Phi) is 2.33. The molecule has 2 nitrogen and oxygen atoms in total. The van der Waals surface area contributed by atoms with Crippen molar-refractivity contribution in [3.05, 3.63) is 35.9 Å². The van der Waals surface area contributed by atoms with Crippen LogP contribution < -0.4 is 0 Å². The van der Waals surface area contributed by atoms with Gasteiger partial charge in [0, 0.05) is 5.41 Å². The first-order valence-corrected chi connectivity index (χ1v) is 4.96. The van der Waals surface area contributed by atoms with Crippen molar-refractivity contribution in [2.75, 3.05) is 0 Å². The molecule has 76 valence electrons. The number of ether oxygens (including phenoxy) is 1. The summed E-state index contributed by atoms with van der Waals surface area (Å²) in [5.41, 5.74) is 1.09. The van der Waals surface area contributed by atoms with Crippen molar-refractivity contribution >= 4 is 0 Å². The van der Waals surface area contributed by atoms with E-state index in [4.69, 9.17) is 4.74 Å². The van der Waals surface area contributed by atoms with Crippen LogP contribution in [0, 0.1) is 5.41 Å². The smallest absolute Gasteiger partial charge is 0.0921 e. The van der Waals surface area contributed by atoms with Crippen molar-refractivity contribution in [1.82, 2.24) is 0 Å². The minimum absolute atomic E-state index is 0.00251. The van der Waals surface area contributed by atoms with Gasteiger partial charge in [0.1, 0.15) is 0 Å². The normalized spacial score (nSPS) is 28.8. The van der Waals surface area contributed by atoms with Gasteiger partial charge in [0.25, 0.3) is 0 Å². The monoisotopic (exact) mass is 192 g/mol. The lowest BCUT2D eigenvalue weighted by atomic mass is 10.2. The summed E-state index contributed by atoms with van der Waals surface area (Å²) in [6.07, 6.45) is -0.297. The third kappa shape index (κ3) is 1.68. The highest BCUT2D eigenvalue weighted by Crippen LogP contribution is 2.47. The van der Waals surface area contributed by atoms with Crippen LogP contribution in [0.3, 0.4) is 0 Å². The molecular formula is C12H16O2. The SMILES string of the molecule is CC1(C)[C@H](OCc2ccccc2)[C@@H]1O. The van der Waals surface area contributed by atoms with E-state index in [-0.39, 0.29) is 17.6 Å². The van der Waals surface area contributed by atoms with Crippen LogP contribution >= 0.6 is 0 Å². The van der Waals surface area contributed by atoms with Gasteiger partial charge in [-0.15, -0.1) is 0 Å². The largest absolute Gasteiger partial charge is 0.390 e. The maximum absolute atomic E-state index is 9.51. The molecule has 1 aliphatic carbocycles. The van der Waals surface area contributed by atoms with Crippen LogP contribution in [0.4, 0.5) is 0 Å². The molecule has 1 aliphatic rings. The predicted octanol–water partition coefficient (Wildman–Crippen LogP) is 1.97. The summed E-state index contributed by atoms with van der Waals surface area (Å²) in [5.74, 6) is 0. The lowest BCUT2D eigenvalue weighted by Gasteiger charge is -2.04. The standard InChI is InChI=1S/C12H16O2/c1-12(2)10(13)11(12)14-8-9-6-4-3-5-7-9/h3-7,10-11,13H,8H2,1-2H3/t10-,11+/m0/s1. The highest BCUT2D eigenvalue weighted by atomic mass is 16.5. The van der Waals surface area contributed by atoms with E-state index in [1.54, 1.807) is 0 Å². The summed E-state index contributed by atoms with van der Waals surface area (Å²) in [6.45, 7) is 4.63. The van der Waals surface area contributed by atoms with Crippen LogP contribution in [-0.4, -0.2) is 17.3 Å². The minimum atomic E-state index is -0.300. The maximum atomic E-state index is 9.51. The second-order valence-corrected chi connectivity index (χ2v) is 4.48. The lowest BCUT2D eigenvalue weighted by Crippen LogP contribution is -2.02. The predicted molar refractivity (Wildman–Crippen MR) is 54.8 cm³/mol. The number of hydrogen-bond donors (Lipinski definition) is 1. The Bertz CT molecular complexity index is 305. The topological polar surface area (TPSA) is 29.5 Å². The Morgan fingerprint density at radius 1 is 1.29 bits per heavy atom. The van der Waals surface area contributed by atoms with Crippen LogP contribution in [-0.2, 0) is 11.3 Å². The van der Waals surface area contributed by atoms with Crippen molar-refractivity contribution in [2.24, 2.45) is 5.41 Å². The number of aliphatic hydroxyl groups excluding tert-OH is 1. The summed E-state index contributed by atoms with van der Waals surface area (Å²) in [4.78, 5) is 0. The quantitative estimate of drug-likeness (QED) is 0.793. The first kappa shape index (κ1) is 9.69. The number of aliphatic hydroxyl groups is 1. The first-order chi connectivity index (χ1) is 6.62. The van der Waals surface area contributed by atoms with Crippen molar-refractivity contribution in [3.8, 4) is 0 Å². The maximum Gasteiger partial charge on any atom is 0.0921 e. The summed E-state index contributed by atoms with van der Waals surface area (Å²) < 4.78 is 5.62. The Morgan fingerprint density at radius 3 is 2.36 bits per heavy atom. The molecule has 0 heterocycles. The van der Waals surface area contributed by atoms with Gasteiger partial charge in [-0.25, -0.2) is 0 Å². The number of rotatable bonds is 3. The van der Waals surface area contributed by atoms with E-state index in [1.165, 1.54) is 0 Å². The average Bonchev–Trinajstić information content (AvgIpc) is 2.65. The van der Waals surface area contributed by atoms with Crippen molar-refractivity contribution in [3.63, 3.8) is 0 Å². The van der Waals surface area contributed by atoms with E-state index in [9.17, 15) is 5.11 Å². The Labute approximate surface area is 84.5 Å². The van der Waals surface area contributed by atoms with Gasteiger partial charge in [-0.1, -0.05) is 44.2 Å². The fraction of sp³-hybridized carbons (Fsp3) is 0.500. The van der Waals surface area contributed by atoms with Gasteiger partial charge in [0.05, 0.1) is 18.8 Å². The molecule has 0 unspecified atom stereocenters. The van der Waals surface area contributed by atoms with Crippen molar-refractivity contribution < 1.29 is 9.84 Å². The molecule has 0 aromatic heterocycles. The molecule has 1 N–H and O–H groups in total. The van der Waals surface area contributed by atoms with Crippen LogP contribution in [0.2, 0.25) is 0 Å². The minimum Gasteiger partial charge on any atom is -0.390 e. The molecule has 2 heteroatoms. The van der Waals surface area contributed by atoms with Gasteiger partial charge >= 0.3 is 0 Å². The molecule has 2 rings (SSSR count). The van der Waals surface area contributed by atoms with E-state index in [0.717, 1.165) is 5.56 Å². The molecule has 0 aliphatic heterocycles. The molecule has 14 heavy (non-hydrogen) atoms. The zero-order valence-electron chi connectivity index (χ0n) is 8.60. The van der Waals surface area contributed by atoms with Crippen molar-refractivity contribution in [2.45, 2.75) is 32.7 Å². The van der Waals surface area contributed by atoms with Crippen molar-refractivity contribution in [1.29, 1.82) is 0 Å². The third-order valence-electron chi connectivity index (χ3n) is 2.95. The van der Waals surface area contributed by atoms with E-state index >= 15 is 0 Å². The molecule has 0 radical (unpaired) electrons. The summed E-state index contributed by atoms with van der Waals surface area (Å²) in [5, 5.41) is 9.51. The fourth-order valence-electron chi connectivity index (χ4n) is 1.63. The highest BCUT2D eigenvalue weighted by molar-refractivity contribution is 5.14. The lowest BCUT2D eigenvalue weighted by molar-refractivity contribution is 0.0648.